The van der Waals surface area contributed by atoms with Crippen LogP contribution in [-0.4, -0.2) is 15.9 Å². The summed E-state index contributed by atoms with van der Waals surface area (Å²) in [7, 11) is 0. The number of halogens is 1. The van der Waals surface area contributed by atoms with Gasteiger partial charge in [0.15, 0.2) is 0 Å². The highest BCUT2D eigenvalue weighted by atomic mass is 19.2. The van der Waals surface area contributed by atoms with Gasteiger partial charge >= 0.3 is 5.97 Å². The van der Waals surface area contributed by atoms with Crippen LogP contribution in [0.25, 0.3) is 10.9 Å². The molecule has 0 radical (unpaired) electrons. The van der Waals surface area contributed by atoms with Gasteiger partial charge in [0.2, 0.25) is 5.43 Å². The number of rotatable bonds is 1. The van der Waals surface area contributed by atoms with Gasteiger partial charge in [0.1, 0.15) is 5.56 Å². The van der Waals surface area contributed by atoms with E-state index in [1.807, 2.05) is 0 Å². The Morgan fingerprint density at radius 3 is 2.47 bits per heavy atom. The molecule has 2 rings (SSSR count). The normalized spacial score (nSPS) is 10.8. The van der Waals surface area contributed by atoms with Crippen LogP contribution in [0.15, 0.2) is 23.1 Å². The molecule has 1 aromatic carbocycles. The molecule has 0 saturated heterocycles. The highest BCUT2D eigenvalue weighted by molar-refractivity contribution is 5.94. The Hall–Kier alpha value is -2.17. The van der Waals surface area contributed by atoms with Crippen molar-refractivity contribution in [3.63, 3.8) is 0 Å². The number of benzene rings is 1. The number of pyridine rings is 1. The molecule has 17 heavy (non-hydrogen) atoms. The Morgan fingerprint density at radius 1 is 1.29 bits per heavy atom. The van der Waals surface area contributed by atoms with Crippen molar-refractivity contribution in [2.24, 2.45) is 0 Å². The van der Waals surface area contributed by atoms with Crippen LogP contribution in [0.4, 0.5) is 4.48 Å². The third-order valence-corrected chi connectivity index (χ3v) is 2.75. The summed E-state index contributed by atoms with van der Waals surface area (Å²) in [5.74, 6) is -1.43. The lowest BCUT2D eigenvalue weighted by atomic mass is 10.0. The van der Waals surface area contributed by atoms with Gasteiger partial charge in [-0.05, 0) is 25.0 Å². The summed E-state index contributed by atoms with van der Waals surface area (Å²) in [5.41, 5.74) is 0.0588. The Bertz CT molecular complexity index is 688. The van der Waals surface area contributed by atoms with E-state index < -0.39 is 17.0 Å². The molecular formula is C12H10FNO3. The summed E-state index contributed by atoms with van der Waals surface area (Å²) in [6, 6.07) is 3.36. The van der Waals surface area contributed by atoms with E-state index in [0.717, 1.165) is 0 Å². The Labute approximate surface area is 95.9 Å². The average Bonchev–Trinajstić information content (AvgIpc) is 2.26. The van der Waals surface area contributed by atoms with E-state index in [-0.39, 0.29) is 15.7 Å². The molecule has 0 aliphatic rings. The number of aromatic carboxylic acids is 1. The van der Waals surface area contributed by atoms with Gasteiger partial charge in [-0.3, -0.25) is 4.79 Å². The second-order valence-corrected chi connectivity index (χ2v) is 3.91. The quantitative estimate of drug-likeness (QED) is 0.822. The predicted molar refractivity (Wildman–Crippen MR) is 61.1 cm³/mol. The molecule has 0 aliphatic heterocycles. The largest absolute Gasteiger partial charge is 0.477 e. The minimum Gasteiger partial charge on any atom is -0.477 e. The standard InChI is InChI=1S/C12H10FNO3/c1-6-3-4-7(2)10-9(6)11(15)8(12(16)17)5-14(10)13/h3-5H,1-2H3,(H,16,17). The first-order valence-corrected chi connectivity index (χ1v) is 4.98. The van der Waals surface area contributed by atoms with Crippen LogP contribution in [0.3, 0.4) is 0 Å². The summed E-state index contributed by atoms with van der Waals surface area (Å²) in [4.78, 5) is 23.0. The molecule has 0 amide bonds. The smallest absolute Gasteiger partial charge is 0.341 e. The highest BCUT2D eigenvalue weighted by Crippen LogP contribution is 2.20. The summed E-state index contributed by atoms with van der Waals surface area (Å²) < 4.78 is 13.7. The van der Waals surface area contributed by atoms with E-state index in [4.69, 9.17) is 5.11 Å². The van der Waals surface area contributed by atoms with Crippen molar-refractivity contribution in [1.82, 2.24) is 4.79 Å². The first kappa shape index (κ1) is 11.3. The van der Waals surface area contributed by atoms with E-state index >= 15 is 0 Å². The summed E-state index contributed by atoms with van der Waals surface area (Å²) in [6.45, 7) is 3.31. The topological polar surface area (TPSA) is 59.3 Å². The van der Waals surface area contributed by atoms with Crippen molar-refractivity contribution < 1.29 is 14.4 Å². The van der Waals surface area contributed by atoms with Gasteiger partial charge in [0.05, 0.1) is 17.1 Å². The van der Waals surface area contributed by atoms with Gasteiger partial charge in [0.25, 0.3) is 0 Å². The zero-order valence-electron chi connectivity index (χ0n) is 9.32. The molecule has 0 aliphatic carbocycles. The molecule has 2 aromatic rings. The fraction of sp³-hybridized carbons (Fsp3) is 0.167. The number of nitrogens with zero attached hydrogens (tertiary/aromatic N) is 1. The molecule has 4 nitrogen and oxygen atoms in total. The van der Waals surface area contributed by atoms with Crippen LogP contribution in [0.2, 0.25) is 0 Å². The van der Waals surface area contributed by atoms with Crippen LogP contribution in [0, 0.1) is 13.8 Å². The van der Waals surface area contributed by atoms with E-state index in [1.54, 1.807) is 26.0 Å². The fourth-order valence-corrected chi connectivity index (χ4v) is 1.88. The maximum atomic E-state index is 13.7. The number of aryl methyl sites for hydroxylation is 2. The Balaban J connectivity index is 3.10. The van der Waals surface area contributed by atoms with Gasteiger partial charge in [-0.2, -0.15) is 4.79 Å². The second kappa shape index (κ2) is 3.69. The van der Waals surface area contributed by atoms with Crippen molar-refractivity contribution in [2.75, 3.05) is 0 Å². The molecule has 0 atom stereocenters. The third kappa shape index (κ3) is 1.60. The Morgan fingerprint density at radius 2 is 1.88 bits per heavy atom. The van der Waals surface area contributed by atoms with Crippen molar-refractivity contribution in [1.29, 1.82) is 0 Å². The zero-order chi connectivity index (χ0) is 12.7. The van der Waals surface area contributed by atoms with Crippen LogP contribution in [0.1, 0.15) is 21.5 Å². The number of hydrogen-bond donors (Lipinski definition) is 1. The van der Waals surface area contributed by atoms with Crippen molar-refractivity contribution in [3.8, 4) is 0 Å². The number of carboxylic acids is 1. The summed E-state index contributed by atoms with van der Waals surface area (Å²) in [5, 5.41) is 8.95. The first-order valence-electron chi connectivity index (χ1n) is 4.98. The van der Waals surface area contributed by atoms with Crippen molar-refractivity contribution in [3.05, 3.63) is 45.2 Å². The SMILES string of the molecule is Cc1ccc(C)c2c1c(=O)c(C(=O)O)cn2F. The van der Waals surface area contributed by atoms with Crippen LogP contribution in [0.5, 0.6) is 0 Å². The molecule has 1 aromatic heterocycles. The van der Waals surface area contributed by atoms with E-state index in [2.05, 4.69) is 0 Å². The number of fused-ring (bicyclic) bond motifs is 1. The molecule has 1 N–H and O–H groups in total. The monoisotopic (exact) mass is 235 g/mol. The molecular weight excluding hydrogens is 225 g/mol. The van der Waals surface area contributed by atoms with Gasteiger partial charge < -0.3 is 5.11 Å². The predicted octanol–water partition coefficient (Wildman–Crippen LogP) is 2.05. The van der Waals surface area contributed by atoms with Gasteiger partial charge in [-0.1, -0.05) is 16.6 Å². The molecule has 88 valence electrons. The number of carboxylic acid groups (broad SMARTS) is 1. The summed E-state index contributed by atoms with van der Waals surface area (Å²) in [6.07, 6.45) is 0.708. The molecule has 0 saturated carbocycles. The zero-order valence-corrected chi connectivity index (χ0v) is 9.32. The minimum absolute atomic E-state index is 0.118. The minimum atomic E-state index is -1.43. The number of aromatic nitrogens is 1. The van der Waals surface area contributed by atoms with E-state index in [9.17, 15) is 14.1 Å². The lowest BCUT2D eigenvalue weighted by Gasteiger charge is -2.08. The number of hydrogen-bond acceptors (Lipinski definition) is 2. The van der Waals surface area contributed by atoms with Crippen LogP contribution in [-0.2, 0) is 0 Å². The molecule has 1 heterocycles. The first-order chi connectivity index (χ1) is 7.93. The average molecular weight is 235 g/mol. The maximum absolute atomic E-state index is 13.7. The lowest BCUT2D eigenvalue weighted by molar-refractivity contribution is 0.0693. The number of carbonyl (C=O) groups is 1. The van der Waals surface area contributed by atoms with Crippen LogP contribution >= 0.6 is 0 Å². The van der Waals surface area contributed by atoms with Crippen molar-refractivity contribution >= 4 is 16.9 Å². The molecule has 0 spiro atoms. The lowest BCUT2D eigenvalue weighted by Crippen LogP contribution is -2.18. The molecule has 0 fully saturated rings. The molecule has 0 bridgehead atoms. The van der Waals surface area contributed by atoms with Crippen LogP contribution < -0.4 is 5.43 Å². The van der Waals surface area contributed by atoms with E-state index in [0.29, 0.717) is 17.3 Å². The highest BCUT2D eigenvalue weighted by Gasteiger charge is 2.17. The Kier molecular flexibility index (Phi) is 2.46. The van der Waals surface area contributed by atoms with Gasteiger partial charge in [-0.25, -0.2) is 4.79 Å². The second-order valence-electron chi connectivity index (χ2n) is 3.91. The van der Waals surface area contributed by atoms with Gasteiger partial charge in [-0.15, -0.1) is 0 Å². The fourth-order valence-electron chi connectivity index (χ4n) is 1.88. The molecule has 0 unspecified atom stereocenters. The van der Waals surface area contributed by atoms with E-state index in [1.165, 1.54) is 0 Å². The van der Waals surface area contributed by atoms with Crippen molar-refractivity contribution in [2.45, 2.75) is 13.8 Å². The van der Waals surface area contributed by atoms with Gasteiger partial charge in [0, 0.05) is 0 Å². The molecule has 5 heteroatoms. The maximum Gasteiger partial charge on any atom is 0.341 e. The third-order valence-electron chi connectivity index (χ3n) is 2.75. The summed E-state index contributed by atoms with van der Waals surface area (Å²) >= 11 is 0.